The van der Waals surface area contributed by atoms with E-state index in [0.29, 0.717) is 0 Å². The van der Waals surface area contributed by atoms with Crippen LogP contribution in [0.15, 0.2) is 30.5 Å². The lowest BCUT2D eigenvalue weighted by molar-refractivity contribution is -0.520. The number of nitrogens with zero attached hydrogens (tertiary/aromatic N) is 4. The zero-order chi connectivity index (χ0) is 14.3. The van der Waals surface area contributed by atoms with Crippen LogP contribution in [-0.2, 0) is 13.5 Å². The third-order valence-electron chi connectivity index (χ3n) is 3.29. The van der Waals surface area contributed by atoms with Crippen molar-refractivity contribution in [2.75, 3.05) is 0 Å². The first-order valence-electron chi connectivity index (χ1n) is 6.31. The zero-order valence-corrected chi connectivity index (χ0v) is 11.2. The fraction of sp³-hybridized carbons (Fsp3) is 0.231. The van der Waals surface area contributed by atoms with Crippen molar-refractivity contribution in [2.45, 2.75) is 13.3 Å². The lowest BCUT2D eigenvalue weighted by Crippen LogP contribution is -2.21. The number of hydrogen-bond acceptors (Lipinski definition) is 3. The molecule has 0 radical (unpaired) electrons. The summed E-state index contributed by atoms with van der Waals surface area (Å²) in [5.74, 6) is 1.85. The maximum atomic E-state index is 10.7. The fourth-order valence-corrected chi connectivity index (χ4v) is 2.26. The molecular formula is C13H14N5O2+. The molecule has 2 heterocycles. The van der Waals surface area contributed by atoms with E-state index in [4.69, 9.17) is 0 Å². The van der Waals surface area contributed by atoms with Crippen LogP contribution in [0.3, 0.4) is 0 Å². The van der Waals surface area contributed by atoms with Gasteiger partial charge in [-0.05, 0) is 17.2 Å². The molecule has 3 rings (SSSR count). The number of nitrogens with one attached hydrogen (secondary N) is 1. The second kappa shape index (κ2) is 4.44. The molecule has 0 atom stereocenters. The maximum Gasteiger partial charge on any atom is 0.353 e. The summed E-state index contributed by atoms with van der Waals surface area (Å²) in [6.45, 7) is 2.05. The first-order valence-corrected chi connectivity index (χ1v) is 6.31. The first-order chi connectivity index (χ1) is 9.60. The minimum atomic E-state index is -0.400. The van der Waals surface area contributed by atoms with Crippen LogP contribution in [0.5, 0.6) is 0 Å². The van der Waals surface area contributed by atoms with Crippen LogP contribution >= 0.6 is 0 Å². The van der Waals surface area contributed by atoms with E-state index in [1.54, 1.807) is 16.8 Å². The van der Waals surface area contributed by atoms with E-state index in [1.807, 2.05) is 24.6 Å². The number of aromatic nitrogens is 4. The highest BCUT2D eigenvalue weighted by Gasteiger charge is 2.18. The largest absolute Gasteiger partial charge is 0.353 e. The number of imidazole rings is 1. The number of H-pyrrole nitrogens is 1. The van der Waals surface area contributed by atoms with Crippen LogP contribution in [0.4, 0.5) is 5.69 Å². The first kappa shape index (κ1) is 12.3. The second-order valence-corrected chi connectivity index (χ2v) is 4.56. The average Bonchev–Trinajstić information content (AvgIpc) is 3.00. The topological polar surface area (TPSA) is 80.8 Å². The van der Waals surface area contributed by atoms with Gasteiger partial charge in [0.2, 0.25) is 5.82 Å². The van der Waals surface area contributed by atoms with Gasteiger partial charge in [0.15, 0.2) is 0 Å². The molecule has 7 nitrogen and oxygen atoms in total. The highest BCUT2D eigenvalue weighted by molar-refractivity contribution is 5.61. The number of non-ortho nitro benzene ring substituents is 1. The van der Waals surface area contributed by atoms with Gasteiger partial charge in [-0.1, -0.05) is 6.92 Å². The van der Waals surface area contributed by atoms with Gasteiger partial charge in [0.1, 0.15) is 5.69 Å². The fourth-order valence-electron chi connectivity index (χ4n) is 2.26. The number of aryl methyl sites for hydroxylation is 2. The molecule has 2 aromatic heterocycles. The Morgan fingerprint density at radius 2 is 2.10 bits per heavy atom. The van der Waals surface area contributed by atoms with Crippen LogP contribution < -0.4 is 4.40 Å². The summed E-state index contributed by atoms with van der Waals surface area (Å²) in [4.78, 5) is 13.5. The molecule has 20 heavy (non-hydrogen) atoms. The van der Waals surface area contributed by atoms with E-state index in [2.05, 4.69) is 10.1 Å². The van der Waals surface area contributed by atoms with E-state index in [1.165, 1.54) is 12.1 Å². The second-order valence-electron chi connectivity index (χ2n) is 4.56. The van der Waals surface area contributed by atoms with Gasteiger partial charge in [-0.25, -0.2) is 0 Å². The minimum absolute atomic E-state index is 0.0911. The predicted octanol–water partition coefficient (Wildman–Crippen LogP) is 1.62. The highest BCUT2D eigenvalue weighted by atomic mass is 16.6. The number of hydrogen-bond donors (Lipinski definition) is 1. The molecule has 0 amide bonds. The van der Waals surface area contributed by atoms with E-state index >= 15 is 0 Å². The molecule has 3 aromatic rings. The summed E-state index contributed by atoms with van der Waals surface area (Å²) < 4.78 is 3.78. The molecule has 0 unspecified atom stereocenters. The summed E-state index contributed by atoms with van der Waals surface area (Å²) in [6, 6.07) is 6.49. The highest BCUT2D eigenvalue weighted by Crippen LogP contribution is 2.20. The molecule has 0 aliphatic heterocycles. The molecular weight excluding hydrogens is 258 g/mol. The lowest BCUT2D eigenvalue weighted by Gasteiger charge is -1.94. The van der Waals surface area contributed by atoms with Crippen molar-refractivity contribution in [1.82, 2.24) is 14.8 Å². The Hall–Kier alpha value is -2.70. The minimum Gasteiger partial charge on any atom is -0.259 e. The smallest absolute Gasteiger partial charge is 0.259 e. The van der Waals surface area contributed by atoms with Crippen molar-refractivity contribution < 1.29 is 9.32 Å². The maximum absolute atomic E-state index is 10.7. The van der Waals surface area contributed by atoms with E-state index in [-0.39, 0.29) is 5.69 Å². The molecule has 0 bridgehead atoms. The predicted molar refractivity (Wildman–Crippen MR) is 72.2 cm³/mol. The molecule has 0 fully saturated rings. The van der Waals surface area contributed by atoms with Crippen molar-refractivity contribution in [1.29, 1.82) is 0 Å². The van der Waals surface area contributed by atoms with Gasteiger partial charge in [-0.3, -0.25) is 15.1 Å². The van der Waals surface area contributed by atoms with Crippen LogP contribution in [0.2, 0.25) is 0 Å². The Labute approximate surface area is 114 Å². The molecule has 0 saturated carbocycles. The van der Waals surface area contributed by atoms with Gasteiger partial charge in [0.25, 0.3) is 5.69 Å². The molecule has 0 aliphatic rings. The van der Waals surface area contributed by atoms with Crippen molar-refractivity contribution in [3.05, 3.63) is 46.4 Å². The molecule has 0 saturated heterocycles. The van der Waals surface area contributed by atoms with Crippen molar-refractivity contribution in [2.24, 2.45) is 7.05 Å². The monoisotopic (exact) mass is 272 g/mol. The number of benzene rings is 1. The van der Waals surface area contributed by atoms with Gasteiger partial charge >= 0.3 is 5.78 Å². The Bertz CT molecular complexity index is 785. The average molecular weight is 272 g/mol. The Balaban J connectivity index is 2.07. The van der Waals surface area contributed by atoms with Crippen molar-refractivity contribution in [3.8, 4) is 11.3 Å². The molecule has 1 aromatic carbocycles. The summed E-state index contributed by atoms with van der Waals surface area (Å²) in [5.41, 5.74) is 1.90. The molecule has 102 valence electrons. The molecule has 0 spiro atoms. The van der Waals surface area contributed by atoms with E-state index < -0.39 is 4.92 Å². The molecule has 1 N–H and O–H groups in total. The van der Waals surface area contributed by atoms with Crippen LogP contribution in [0.25, 0.3) is 17.0 Å². The summed E-state index contributed by atoms with van der Waals surface area (Å²) >= 11 is 0. The quantitative estimate of drug-likeness (QED) is 0.447. The number of aromatic amines is 1. The number of nitro groups is 1. The molecule has 0 aliphatic carbocycles. The van der Waals surface area contributed by atoms with Crippen molar-refractivity contribution in [3.63, 3.8) is 0 Å². The molecule has 7 heteroatoms. The lowest BCUT2D eigenvalue weighted by atomic mass is 10.1. The Morgan fingerprint density at radius 1 is 1.40 bits per heavy atom. The van der Waals surface area contributed by atoms with Gasteiger partial charge in [0.05, 0.1) is 18.2 Å². The normalized spacial score (nSPS) is 11.1. The van der Waals surface area contributed by atoms with E-state index in [0.717, 1.165) is 29.3 Å². The number of fused-ring (bicyclic) bond motifs is 1. The zero-order valence-electron chi connectivity index (χ0n) is 11.2. The number of rotatable bonds is 3. The van der Waals surface area contributed by atoms with Gasteiger partial charge in [0, 0.05) is 24.1 Å². The van der Waals surface area contributed by atoms with Gasteiger partial charge in [-0.15, -0.1) is 4.68 Å². The summed E-state index contributed by atoms with van der Waals surface area (Å²) in [5, 5.41) is 15.1. The number of nitro benzene ring substituents is 1. The third kappa shape index (κ3) is 1.83. The Kier molecular flexibility index (Phi) is 2.74. The Morgan fingerprint density at radius 3 is 2.70 bits per heavy atom. The van der Waals surface area contributed by atoms with Gasteiger partial charge in [-0.2, -0.15) is 4.40 Å². The summed E-state index contributed by atoms with van der Waals surface area (Å²) in [7, 11) is 1.88. The van der Waals surface area contributed by atoms with E-state index in [9.17, 15) is 10.1 Å². The van der Waals surface area contributed by atoms with Crippen molar-refractivity contribution >= 4 is 11.5 Å². The van der Waals surface area contributed by atoms with Crippen LogP contribution in [0.1, 0.15) is 12.7 Å². The summed E-state index contributed by atoms with van der Waals surface area (Å²) in [6.07, 6.45) is 2.79. The standard InChI is InChI=1S/C13H13N5O2/c1-3-12-15-16(2)13-14-11(8-17(12)13)9-4-6-10(7-5-9)18(19)20/h4-8H,3H2,1-2H3/p+1. The van der Waals surface area contributed by atoms with Gasteiger partial charge < -0.3 is 0 Å². The van der Waals surface area contributed by atoms with Crippen LogP contribution in [-0.4, -0.2) is 19.7 Å². The van der Waals surface area contributed by atoms with Crippen LogP contribution in [0, 0.1) is 10.1 Å². The third-order valence-corrected chi connectivity index (χ3v) is 3.29. The SMILES string of the molecule is CCc1nn(C)c2[nH]c(-c3ccc([N+](=O)[O-])cc3)c[n+]12.